The summed E-state index contributed by atoms with van der Waals surface area (Å²) in [5.74, 6) is 1.11. The molecule has 0 fully saturated rings. The lowest BCUT2D eigenvalue weighted by Crippen LogP contribution is -2.36. The molecule has 4 rings (SSSR count). The molecule has 1 aromatic heterocycles. The van der Waals surface area contributed by atoms with Crippen LogP contribution in [-0.4, -0.2) is 28.8 Å². The number of nitrogens with zero attached hydrogens (tertiary/aromatic N) is 3. The predicted molar refractivity (Wildman–Crippen MR) is 111 cm³/mol. The van der Waals surface area contributed by atoms with Crippen LogP contribution in [0.15, 0.2) is 65.3 Å². The Labute approximate surface area is 163 Å². The maximum atomic E-state index is 12.9. The number of aliphatic imine (C=N–C) groups is 1. The molecular formula is C22H20N4O2. The van der Waals surface area contributed by atoms with Crippen molar-refractivity contribution in [1.82, 2.24) is 9.99 Å². The lowest BCUT2D eigenvalue weighted by molar-refractivity contribution is -0.121. The minimum atomic E-state index is -0.202. The number of aromatic nitrogens is 1. The van der Waals surface area contributed by atoms with E-state index >= 15 is 0 Å². The van der Waals surface area contributed by atoms with Gasteiger partial charge in [-0.3, -0.25) is 15.2 Å². The number of methoxy groups -OCH3 is 1. The number of hydrazine groups is 1. The molecule has 1 aliphatic rings. The lowest BCUT2D eigenvalue weighted by Gasteiger charge is -2.20. The van der Waals surface area contributed by atoms with Crippen molar-refractivity contribution >= 4 is 34.4 Å². The quantitative estimate of drug-likeness (QED) is 0.698. The topological polar surface area (TPSA) is 66.8 Å². The summed E-state index contributed by atoms with van der Waals surface area (Å²) in [6.07, 6.45) is 1.78. The zero-order chi connectivity index (χ0) is 19.7. The Balaban J connectivity index is 1.69. The number of amidine groups is 1. The number of ether oxygens (including phenoxy) is 1. The van der Waals surface area contributed by atoms with Crippen molar-refractivity contribution in [2.75, 3.05) is 12.5 Å². The molecule has 0 saturated heterocycles. The van der Waals surface area contributed by atoms with Gasteiger partial charge in [-0.2, -0.15) is 0 Å². The van der Waals surface area contributed by atoms with E-state index in [9.17, 15) is 4.79 Å². The first-order chi connectivity index (χ1) is 13.5. The van der Waals surface area contributed by atoms with Crippen LogP contribution in [0.4, 0.5) is 5.69 Å². The van der Waals surface area contributed by atoms with E-state index in [2.05, 4.69) is 15.4 Å². The molecule has 3 aromatic rings. The molecule has 0 radical (unpaired) electrons. The molecule has 6 nitrogen and oxygen atoms in total. The van der Waals surface area contributed by atoms with Crippen LogP contribution in [0.5, 0.6) is 5.75 Å². The molecule has 28 heavy (non-hydrogen) atoms. The van der Waals surface area contributed by atoms with E-state index in [1.807, 2.05) is 61.5 Å². The van der Waals surface area contributed by atoms with E-state index in [1.54, 1.807) is 20.1 Å². The number of benzene rings is 2. The fraction of sp³-hybridized carbons (Fsp3) is 0.136. The lowest BCUT2D eigenvalue weighted by atomic mass is 10.1. The third-order valence-electron chi connectivity index (χ3n) is 4.51. The van der Waals surface area contributed by atoms with Crippen molar-refractivity contribution in [2.24, 2.45) is 4.99 Å². The largest absolute Gasteiger partial charge is 0.497 e. The molecule has 1 N–H and O–H groups in total. The van der Waals surface area contributed by atoms with Crippen molar-refractivity contribution < 1.29 is 9.53 Å². The van der Waals surface area contributed by atoms with Gasteiger partial charge in [-0.25, -0.2) is 10.0 Å². The summed E-state index contributed by atoms with van der Waals surface area (Å²) in [6, 6.07) is 17.2. The van der Waals surface area contributed by atoms with E-state index in [-0.39, 0.29) is 5.91 Å². The first-order valence-corrected chi connectivity index (χ1v) is 8.94. The van der Waals surface area contributed by atoms with Gasteiger partial charge in [0, 0.05) is 11.1 Å². The Bertz CT molecular complexity index is 1120. The summed E-state index contributed by atoms with van der Waals surface area (Å²) in [5.41, 5.74) is 6.97. The predicted octanol–water partition coefficient (Wildman–Crippen LogP) is 4.18. The van der Waals surface area contributed by atoms with Crippen molar-refractivity contribution in [3.8, 4) is 5.75 Å². The Morgan fingerprint density at radius 1 is 1.07 bits per heavy atom. The van der Waals surface area contributed by atoms with Gasteiger partial charge in [0.25, 0.3) is 5.91 Å². The number of fused-ring (bicyclic) bond motifs is 1. The van der Waals surface area contributed by atoms with Crippen LogP contribution >= 0.6 is 0 Å². The van der Waals surface area contributed by atoms with Crippen LogP contribution in [0, 0.1) is 6.92 Å². The number of carbonyl (C=O) groups is 1. The van der Waals surface area contributed by atoms with Gasteiger partial charge < -0.3 is 4.74 Å². The number of carbonyl (C=O) groups excluding carboxylic acids is 1. The van der Waals surface area contributed by atoms with E-state index < -0.39 is 0 Å². The monoisotopic (exact) mass is 372 g/mol. The average Bonchev–Trinajstić information content (AvgIpc) is 2.95. The second-order valence-corrected chi connectivity index (χ2v) is 6.55. The molecule has 140 valence electrons. The Hall–Kier alpha value is -3.67. The molecule has 0 bridgehead atoms. The highest BCUT2D eigenvalue weighted by atomic mass is 16.5. The minimum absolute atomic E-state index is 0.202. The zero-order valence-corrected chi connectivity index (χ0v) is 15.9. The summed E-state index contributed by atoms with van der Waals surface area (Å²) in [5, 5.41) is 2.33. The fourth-order valence-corrected chi connectivity index (χ4v) is 3.14. The first-order valence-electron chi connectivity index (χ1n) is 8.94. The Kier molecular flexibility index (Phi) is 4.53. The SMILES string of the molecule is COc1ccc2nc(C)cc(NN3C(=O)/C(=C/c4ccccc4)N=C3C)c2c1. The Morgan fingerprint density at radius 3 is 2.61 bits per heavy atom. The second kappa shape index (κ2) is 7.15. The highest BCUT2D eigenvalue weighted by Gasteiger charge is 2.28. The number of amides is 1. The normalized spacial score (nSPS) is 15.2. The van der Waals surface area contributed by atoms with Gasteiger partial charge in [0.1, 0.15) is 17.3 Å². The molecule has 0 unspecified atom stereocenters. The fourth-order valence-electron chi connectivity index (χ4n) is 3.14. The standard InChI is InChI=1S/C22H20N4O2/c1-14-11-20(18-13-17(28-3)9-10-19(18)23-14)25-26-15(2)24-21(22(26)27)12-16-7-5-4-6-8-16/h4-13H,1-3H3,(H,23,25)/b21-12-. The van der Waals surface area contributed by atoms with Crippen molar-refractivity contribution in [3.05, 3.63) is 71.6 Å². The van der Waals surface area contributed by atoms with Crippen molar-refractivity contribution in [2.45, 2.75) is 13.8 Å². The Morgan fingerprint density at radius 2 is 1.86 bits per heavy atom. The number of anilines is 1. The summed E-state index contributed by atoms with van der Waals surface area (Å²) in [6.45, 7) is 3.72. The maximum Gasteiger partial charge on any atom is 0.296 e. The molecule has 1 amide bonds. The molecule has 0 atom stereocenters. The molecule has 2 aromatic carbocycles. The van der Waals surface area contributed by atoms with Gasteiger partial charge in [0.15, 0.2) is 0 Å². The summed E-state index contributed by atoms with van der Waals surface area (Å²) in [4.78, 5) is 21.9. The molecular weight excluding hydrogens is 352 g/mol. The van der Waals surface area contributed by atoms with E-state index in [1.165, 1.54) is 5.01 Å². The van der Waals surface area contributed by atoms with Gasteiger partial charge in [-0.15, -0.1) is 0 Å². The van der Waals surface area contributed by atoms with Crippen LogP contribution in [0.25, 0.3) is 17.0 Å². The van der Waals surface area contributed by atoms with Crippen LogP contribution < -0.4 is 10.2 Å². The first kappa shape index (κ1) is 17.7. The number of hydrogen-bond donors (Lipinski definition) is 1. The van der Waals surface area contributed by atoms with Gasteiger partial charge in [-0.05, 0) is 49.8 Å². The van der Waals surface area contributed by atoms with Gasteiger partial charge in [0.05, 0.1) is 18.3 Å². The van der Waals surface area contributed by atoms with Crippen LogP contribution in [0.1, 0.15) is 18.2 Å². The van der Waals surface area contributed by atoms with Crippen LogP contribution in [0.2, 0.25) is 0 Å². The van der Waals surface area contributed by atoms with Gasteiger partial charge in [0.2, 0.25) is 0 Å². The zero-order valence-electron chi connectivity index (χ0n) is 15.9. The third kappa shape index (κ3) is 3.32. The molecule has 2 heterocycles. The number of aryl methyl sites for hydroxylation is 1. The number of nitrogens with one attached hydrogen (secondary N) is 1. The molecule has 1 aliphatic heterocycles. The number of rotatable bonds is 4. The maximum absolute atomic E-state index is 12.9. The molecule has 0 aliphatic carbocycles. The molecule has 0 spiro atoms. The second-order valence-electron chi connectivity index (χ2n) is 6.55. The summed E-state index contributed by atoms with van der Waals surface area (Å²) in [7, 11) is 1.62. The van der Waals surface area contributed by atoms with E-state index in [0.29, 0.717) is 11.5 Å². The molecule has 6 heteroatoms. The number of pyridine rings is 1. The van der Waals surface area contributed by atoms with E-state index in [0.717, 1.165) is 33.6 Å². The van der Waals surface area contributed by atoms with Crippen LogP contribution in [0.3, 0.4) is 0 Å². The summed E-state index contributed by atoms with van der Waals surface area (Å²) >= 11 is 0. The van der Waals surface area contributed by atoms with E-state index in [4.69, 9.17) is 4.74 Å². The summed E-state index contributed by atoms with van der Waals surface area (Å²) < 4.78 is 5.33. The van der Waals surface area contributed by atoms with Crippen molar-refractivity contribution in [1.29, 1.82) is 0 Å². The van der Waals surface area contributed by atoms with Crippen LogP contribution in [-0.2, 0) is 4.79 Å². The molecule has 0 saturated carbocycles. The van der Waals surface area contributed by atoms with Crippen molar-refractivity contribution in [3.63, 3.8) is 0 Å². The van der Waals surface area contributed by atoms with Gasteiger partial charge >= 0.3 is 0 Å². The number of hydrogen-bond acceptors (Lipinski definition) is 5. The minimum Gasteiger partial charge on any atom is -0.497 e. The highest BCUT2D eigenvalue weighted by Crippen LogP contribution is 2.29. The highest BCUT2D eigenvalue weighted by molar-refractivity contribution is 6.14. The average molecular weight is 372 g/mol. The third-order valence-corrected chi connectivity index (χ3v) is 4.51. The smallest absolute Gasteiger partial charge is 0.296 e. The van der Waals surface area contributed by atoms with Gasteiger partial charge in [-0.1, -0.05) is 30.3 Å².